The highest BCUT2D eigenvalue weighted by atomic mass is 16.6. The highest BCUT2D eigenvalue weighted by Gasteiger charge is 2.17. The first-order valence-corrected chi connectivity index (χ1v) is 11.6. The van der Waals surface area contributed by atoms with Crippen LogP contribution in [0.1, 0.15) is 25.2 Å². The molecule has 2 aromatic carbocycles. The summed E-state index contributed by atoms with van der Waals surface area (Å²) >= 11 is 0. The van der Waals surface area contributed by atoms with E-state index in [4.69, 9.17) is 15.2 Å². The van der Waals surface area contributed by atoms with E-state index in [0.29, 0.717) is 24.1 Å². The van der Waals surface area contributed by atoms with E-state index in [1.54, 1.807) is 36.6 Å². The van der Waals surface area contributed by atoms with Crippen molar-refractivity contribution in [3.8, 4) is 0 Å². The van der Waals surface area contributed by atoms with Crippen LogP contribution in [0.15, 0.2) is 48.5 Å². The molecule has 0 amide bonds. The zero-order valence-corrected chi connectivity index (χ0v) is 20.8. The van der Waals surface area contributed by atoms with Crippen LogP contribution in [0.4, 0.5) is 11.4 Å². The summed E-state index contributed by atoms with van der Waals surface area (Å²) in [6.07, 6.45) is 0. The molecule has 0 unspecified atom stereocenters. The lowest BCUT2D eigenvalue weighted by Gasteiger charge is -2.07. The number of non-ortho nitro benzene ring substituents is 1. The lowest BCUT2D eigenvalue weighted by molar-refractivity contribution is -0.383. The molecule has 0 atom stereocenters. The Morgan fingerprint density at radius 2 is 1.33 bits per heavy atom. The molecule has 0 saturated carbocycles. The van der Waals surface area contributed by atoms with Crippen molar-refractivity contribution >= 4 is 45.1 Å². The number of fused-ring (bicyclic) bond motifs is 2. The van der Waals surface area contributed by atoms with Crippen LogP contribution < -0.4 is 5.73 Å². The van der Waals surface area contributed by atoms with Gasteiger partial charge in [-0.2, -0.15) is 0 Å². The van der Waals surface area contributed by atoms with E-state index < -0.39 is 4.92 Å². The lowest BCUT2D eigenvalue weighted by atomic mass is 10.2. The maximum atomic E-state index is 11.5. The first-order valence-electron chi connectivity index (χ1n) is 11.6. The van der Waals surface area contributed by atoms with Crippen molar-refractivity contribution in [1.29, 1.82) is 0 Å². The third kappa shape index (κ3) is 5.65. The number of nitrogens with zero attached hydrogens (tertiary/aromatic N) is 3. The minimum absolute atomic E-state index is 0.0446. The van der Waals surface area contributed by atoms with Crippen LogP contribution in [-0.4, -0.2) is 39.2 Å². The van der Waals surface area contributed by atoms with Gasteiger partial charge >= 0.3 is 11.9 Å². The molecule has 0 bridgehead atoms. The second-order valence-corrected chi connectivity index (χ2v) is 8.10. The van der Waals surface area contributed by atoms with E-state index in [1.807, 2.05) is 42.7 Å². The first-order chi connectivity index (χ1) is 17.2. The molecule has 4 rings (SSSR count). The van der Waals surface area contributed by atoms with E-state index in [0.717, 1.165) is 28.0 Å². The Bertz CT molecular complexity index is 1420. The SMILES string of the molecule is CCOC(=O)Cn1c(C)cc2c(N)cccc21.CCOC(=O)Cn1c(C)cc2c([N+](=O)[O-])cccc21. The molecule has 0 aliphatic carbocycles. The summed E-state index contributed by atoms with van der Waals surface area (Å²) in [6, 6.07) is 14.2. The fraction of sp³-hybridized carbons (Fsp3) is 0.308. The summed E-state index contributed by atoms with van der Waals surface area (Å²) in [5.74, 6) is -0.579. The second-order valence-electron chi connectivity index (χ2n) is 8.10. The van der Waals surface area contributed by atoms with Crippen molar-refractivity contribution in [1.82, 2.24) is 9.13 Å². The molecule has 0 radical (unpaired) electrons. The number of aromatic nitrogens is 2. The molecule has 36 heavy (non-hydrogen) atoms. The third-order valence-corrected chi connectivity index (χ3v) is 5.70. The number of nitro benzene ring substituents is 1. The molecule has 0 fully saturated rings. The number of nitrogens with two attached hydrogens (primary N) is 1. The molecular formula is C26H30N4O6. The Kier molecular flexibility index (Phi) is 8.31. The molecule has 2 N–H and O–H groups in total. The van der Waals surface area contributed by atoms with Gasteiger partial charge in [-0.1, -0.05) is 12.1 Å². The van der Waals surface area contributed by atoms with Gasteiger partial charge in [-0.3, -0.25) is 19.7 Å². The Morgan fingerprint density at radius 3 is 1.83 bits per heavy atom. The number of benzene rings is 2. The molecular weight excluding hydrogens is 464 g/mol. The second kappa shape index (κ2) is 11.4. The van der Waals surface area contributed by atoms with E-state index >= 15 is 0 Å². The summed E-state index contributed by atoms with van der Waals surface area (Å²) in [7, 11) is 0. The van der Waals surface area contributed by atoms with Crippen LogP contribution in [0.2, 0.25) is 0 Å². The van der Waals surface area contributed by atoms with E-state index in [9.17, 15) is 19.7 Å². The molecule has 0 saturated heterocycles. The molecule has 10 nitrogen and oxygen atoms in total. The zero-order chi connectivity index (χ0) is 26.4. The smallest absolute Gasteiger partial charge is 0.325 e. The van der Waals surface area contributed by atoms with Crippen molar-refractivity contribution < 1.29 is 24.0 Å². The van der Waals surface area contributed by atoms with E-state index in [2.05, 4.69) is 0 Å². The first kappa shape index (κ1) is 26.3. The number of rotatable bonds is 7. The van der Waals surface area contributed by atoms with Crippen molar-refractivity contribution in [3.05, 3.63) is 70.0 Å². The van der Waals surface area contributed by atoms with Crippen molar-refractivity contribution in [3.63, 3.8) is 0 Å². The molecule has 190 valence electrons. The van der Waals surface area contributed by atoms with E-state index in [1.165, 1.54) is 6.07 Å². The predicted molar refractivity (Wildman–Crippen MR) is 138 cm³/mol. The van der Waals surface area contributed by atoms with Gasteiger partial charge in [0.05, 0.1) is 34.6 Å². The average Bonchev–Trinajstić information content (AvgIpc) is 3.31. The van der Waals surface area contributed by atoms with Gasteiger partial charge < -0.3 is 24.3 Å². The molecule has 2 aromatic heterocycles. The quantitative estimate of drug-likeness (QED) is 0.173. The van der Waals surface area contributed by atoms with Gasteiger partial charge in [0.2, 0.25) is 0 Å². The number of carbonyl (C=O) groups excluding carboxylic acids is 2. The topological polar surface area (TPSA) is 132 Å². The lowest BCUT2D eigenvalue weighted by Crippen LogP contribution is -2.14. The summed E-state index contributed by atoms with van der Waals surface area (Å²) < 4.78 is 13.5. The number of nitrogen functional groups attached to an aromatic ring is 1. The number of aryl methyl sites for hydroxylation is 2. The van der Waals surface area contributed by atoms with Crippen LogP contribution >= 0.6 is 0 Å². The van der Waals surface area contributed by atoms with Gasteiger partial charge in [0, 0.05) is 28.5 Å². The van der Waals surface area contributed by atoms with Crippen molar-refractivity contribution in [2.75, 3.05) is 18.9 Å². The van der Waals surface area contributed by atoms with Crippen molar-refractivity contribution in [2.24, 2.45) is 0 Å². The number of carbonyl (C=O) groups is 2. The maximum Gasteiger partial charge on any atom is 0.325 e. The normalized spacial score (nSPS) is 10.7. The van der Waals surface area contributed by atoms with Gasteiger partial charge in [0.1, 0.15) is 13.1 Å². The summed E-state index contributed by atoms with van der Waals surface area (Å²) in [6.45, 7) is 8.31. The van der Waals surface area contributed by atoms with E-state index in [-0.39, 0.29) is 30.7 Å². The number of esters is 2. The molecule has 0 spiro atoms. The van der Waals surface area contributed by atoms with Gasteiger partial charge in [-0.25, -0.2) is 0 Å². The van der Waals surface area contributed by atoms with Gasteiger partial charge in [-0.15, -0.1) is 0 Å². The summed E-state index contributed by atoms with van der Waals surface area (Å²) in [5, 5.41) is 12.5. The van der Waals surface area contributed by atoms with Crippen LogP contribution in [0.5, 0.6) is 0 Å². The third-order valence-electron chi connectivity index (χ3n) is 5.70. The Morgan fingerprint density at radius 1 is 0.861 bits per heavy atom. The van der Waals surface area contributed by atoms with Crippen LogP contribution in [0.25, 0.3) is 21.8 Å². The Hall–Kier alpha value is -4.34. The fourth-order valence-corrected chi connectivity index (χ4v) is 4.09. The highest BCUT2D eigenvalue weighted by molar-refractivity contribution is 5.93. The number of anilines is 1. The number of hydrogen-bond acceptors (Lipinski definition) is 7. The monoisotopic (exact) mass is 494 g/mol. The summed E-state index contributed by atoms with van der Waals surface area (Å²) in [4.78, 5) is 33.6. The zero-order valence-electron chi connectivity index (χ0n) is 20.8. The molecule has 10 heteroatoms. The number of hydrogen-bond donors (Lipinski definition) is 1. The van der Waals surface area contributed by atoms with Crippen molar-refractivity contribution in [2.45, 2.75) is 40.8 Å². The van der Waals surface area contributed by atoms with Crippen LogP contribution in [0.3, 0.4) is 0 Å². The standard InChI is InChI=1S/C13H14N2O4.C13H16N2O2/c1-3-19-13(16)8-14-9(2)7-10-11(14)5-4-6-12(10)15(17)18;1-3-17-13(16)8-15-9(2)7-10-11(14)5-4-6-12(10)15/h4-7H,3,8H2,1-2H3;4-7H,3,8,14H2,1-2H3. The van der Waals surface area contributed by atoms with Gasteiger partial charge in [0.15, 0.2) is 0 Å². The molecule has 0 aliphatic rings. The van der Waals surface area contributed by atoms with Crippen LogP contribution in [0, 0.1) is 24.0 Å². The molecule has 0 aliphatic heterocycles. The number of nitro groups is 1. The minimum atomic E-state index is -0.420. The van der Waals surface area contributed by atoms with Crippen LogP contribution in [-0.2, 0) is 32.2 Å². The van der Waals surface area contributed by atoms with Gasteiger partial charge in [0.25, 0.3) is 5.69 Å². The maximum absolute atomic E-state index is 11.5. The highest BCUT2D eigenvalue weighted by Crippen LogP contribution is 2.28. The van der Waals surface area contributed by atoms with Gasteiger partial charge in [-0.05, 0) is 58.0 Å². The largest absolute Gasteiger partial charge is 0.465 e. The predicted octanol–water partition coefficient (Wildman–Crippen LogP) is 4.52. The Labute approximate surface area is 208 Å². The summed E-state index contributed by atoms with van der Waals surface area (Å²) in [5.41, 5.74) is 10.1. The minimum Gasteiger partial charge on any atom is -0.465 e. The molecule has 2 heterocycles. The number of ether oxygens (including phenoxy) is 2. The fourth-order valence-electron chi connectivity index (χ4n) is 4.09. The average molecular weight is 495 g/mol. The Balaban J connectivity index is 0.000000202. The molecule has 4 aromatic rings.